The first-order valence-corrected chi connectivity index (χ1v) is 8.82. The third-order valence-corrected chi connectivity index (χ3v) is 4.23. The summed E-state index contributed by atoms with van der Waals surface area (Å²) in [6.07, 6.45) is 6.05. The van der Waals surface area contributed by atoms with E-state index in [1.165, 1.54) is 12.8 Å². The van der Waals surface area contributed by atoms with Crippen molar-refractivity contribution in [1.82, 2.24) is 4.90 Å². The number of benzene rings is 1. The van der Waals surface area contributed by atoms with Crippen molar-refractivity contribution in [3.05, 3.63) is 24.3 Å². The molecule has 24 heavy (non-hydrogen) atoms. The maximum Gasteiger partial charge on any atom is 0.321 e. The first kappa shape index (κ1) is 18.3. The van der Waals surface area contributed by atoms with E-state index in [4.69, 9.17) is 5.73 Å². The van der Waals surface area contributed by atoms with E-state index in [0.717, 1.165) is 38.0 Å². The molecule has 1 aliphatic heterocycles. The summed E-state index contributed by atoms with van der Waals surface area (Å²) in [5.74, 6) is -0.182. The van der Waals surface area contributed by atoms with Crippen LogP contribution in [0.3, 0.4) is 0 Å². The van der Waals surface area contributed by atoms with Crippen LogP contribution in [-0.2, 0) is 4.79 Å². The quantitative estimate of drug-likeness (QED) is 0.774. The average molecular weight is 332 g/mol. The van der Waals surface area contributed by atoms with E-state index >= 15 is 0 Å². The first-order chi connectivity index (χ1) is 11.6. The smallest absolute Gasteiger partial charge is 0.321 e. The normalized spacial score (nSPS) is 16.2. The number of nitrogens with zero attached hydrogens (tertiary/aromatic N) is 1. The molecule has 0 spiro atoms. The first-order valence-electron chi connectivity index (χ1n) is 8.82. The molecule has 4 N–H and O–H groups in total. The number of nitrogens with one attached hydrogen (secondary N) is 2. The van der Waals surface area contributed by atoms with E-state index < -0.39 is 6.04 Å². The van der Waals surface area contributed by atoms with Crippen molar-refractivity contribution in [3.63, 3.8) is 0 Å². The van der Waals surface area contributed by atoms with Crippen LogP contribution in [-0.4, -0.2) is 36.0 Å². The van der Waals surface area contributed by atoms with E-state index in [1.807, 2.05) is 11.8 Å². The monoisotopic (exact) mass is 332 g/mol. The van der Waals surface area contributed by atoms with Crippen molar-refractivity contribution < 1.29 is 9.59 Å². The van der Waals surface area contributed by atoms with Gasteiger partial charge in [0.15, 0.2) is 0 Å². The van der Waals surface area contributed by atoms with Crippen LogP contribution in [0.2, 0.25) is 0 Å². The number of hydrogen-bond acceptors (Lipinski definition) is 3. The summed E-state index contributed by atoms with van der Waals surface area (Å²) in [6.45, 7) is 3.62. The molecule has 0 radical (unpaired) electrons. The molecule has 3 amide bonds. The molecule has 1 aromatic rings. The summed E-state index contributed by atoms with van der Waals surface area (Å²) >= 11 is 0. The van der Waals surface area contributed by atoms with Crippen LogP contribution in [0.1, 0.15) is 45.4 Å². The molecule has 6 heteroatoms. The predicted molar refractivity (Wildman–Crippen MR) is 97.0 cm³/mol. The molecule has 1 fully saturated rings. The van der Waals surface area contributed by atoms with Crippen LogP contribution in [0, 0.1) is 0 Å². The van der Waals surface area contributed by atoms with Crippen molar-refractivity contribution in [2.75, 3.05) is 23.7 Å². The zero-order valence-electron chi connectivity index (χ0n) is 14.4. The Bertz CT molecular complexity index is 536. The third kappa shape index (κ3) is 5.53. The van der Waals surface area contributed by atoms with E-state index in [1.54, 1.807) is 24.3 Å². The van der Waals surface area contributed by atoms with Gasteiger partial charge in [0, 0.05) is 24.5 Å². The molecular formula is C18H28N4O2. The Morgan fingerprint density at radius 3 is 2.12 bits per heavy atom. The lowest BCUT2D eigenvalue weighted by Gasteiger charge is -2.20. The van der Waals surface area contributed by atoms with Crippen LogP contribution in [0.25, 0.3) is 0 Å². The predicted octanol–water partition coefficient (Wildman–Crippen LogP) is 3.16. The molecule has 1 aromatic carbocycles. The zero-order chi connectivity index (χ0) is 17.4. The zero-order valence-corrected chi connectivity index (χ0v) is 14.4. The van der Waals surface area contributed by atoms with E-state index in [9.17, 15) is 9.59 Å². The highest BCUT2D eigenvalue weighted by atomic mass is 16.2. The van der Waals surface area contributed by atoms with Crippen LogP contribution >= 0.6 is 0 Å². The fourth-order valence-corrected chi connectivity index (χ4v) is 2.79. The van der Waals surface area contributed by atoms with Gasteiger partial charge in [0.1, 0.15) is 0 Å². The molecule has 6 nitrogen and oxygen atoms in total. The number of likely N-dealkylation sites (tertiary alicyclic amines) is 1. The van der Waals surface area contributed by atoms with Gasteiger partial charge in [0.25, 0.3) is 0 Å². The second kappa shape index (κ2) is 9.27. The number of nitrogens with two attached hydrogens (primary N) is 1. The molecule has 1 unspecified atom stereocenters. The highest BCUT2D eigenvalue weighted by Crippen LogP contribution is 2.16. The maximum absolute atomic E-state index is 12.3. The van der Waals surface area contributed by atoms with Gasteiger partial charge in [-0.3, -0.25) is 4.79 Å². The Morgan fingerprint density at radius 1 is 1.04 bits per heavy atom. The number of urea groups is 1. The van der Waals surface area contributed by atoms with Gasteiger partial charge in [-0.25, -0.2) is 4.79 Å². The van der Waals surface area contributed by atoms with Crippen LogP contribution in [0.15, 0.2) is 24.3 Å². The number of carbonyl (C=O) groups excluding carboxylic acids is 2. The Balaban J connectivity index is 1.87. The molecule has 0 aliphatic carbocycles. The molecule has 1 saturated heterocycles. The van der Waals surface area contributed by atoms with Gasteiger partial charge in [-0.2, -0.15) is 0 Å². The largest absolute Gasteiger partial charge is 0.325 e. The SMILES string of the molecule is CCCC(N)C(=O)Nc1ccc(NC(=O)N2CCCCCC2)cc1. The molecule has 1 atom stereocenters. The number of anilines is 2. The second-order valence-corrected chi connectivity index (χ2v) is 6.29. The standard InChI is InChI=1S/C18H28N4O2/c1-2-7-16(19)17(23)20-14-8-10-15(11-9-14)21-18(24)22-12-5-3-4-6-13-22/h8-11,16H,2-7,12-13,19H2,1H3,(H,20,23)(H,21,24). The minimum absolute atomic E-state index is 0.0568. The van der Waals surface area contributed by atoms with Gasteiger partial charge >= 0.3 is 6.03 Å². The summed E-state index contributed by atoms with van der Waals surface area (Å²) < 4.78 is 0. The molecule has 0 saturated carbocycles. The number of hydrogen-bond donors (Lipinski definition) is 3. The lowest BCUT2D eigenvalue weighted by Crippen LogP contribution is -2.35. The highest BCUT2D eigenvalue weighted by Gasteiger charge is 2.16. The highest BCUT2D eigenvalue weighted by molar-refractivity contribution is 5.95. The summed E-state index contributed by atoms with van der Waals surface area (Å²) in [7, 11) is 0. The fraction of sp³-hybridized carbons (Fsp3) is 0.556. The second-order valence-electron chi connectivity index (χ2n) is 6.29. The third-order valence-electron chi connectivity index (χ3n) is 4.23. The van der Waals surface area contributed by atoms with Gasteiger partial charge in [-0.15, -0.1) is 0 Å². The molecule has 1 heterocycles. The fourth-order valence-electron chi connectivity index (χ4n) is 2.79. The number of carbonyl (C=O) groups is 2. The van der Waals surface area contributed by atoms with Crippen LogP contribution in [0.5, 0.6) is 0 Å². The summed E-state index contributed by atoms with van der Waals surface area (Å²) in [5.41, 5.74) is 7.19. The van der Waals surface area contributed by atoms with Gasteiger partial charge in [0.2, 0.25) is 5.91 Å². The van der Waals surface area contributed by atoms with Gasteiger partial charge in [0.05, 0.1) is 6.04 Å². The Hall–Kier alpha value is -2.08. The molecule has 1 aliphatic rings. The minimum Gasteiger partial charge on any atom is -0.325 e. The van der Waals surface area contributed by atoms with Crippen molar-refractivity contribution in [2.45, 2.75) is 51.5 Å². The van der Waals surface area contributed by atoms with Crippen LogP contribution in [0.4, 0.5) is 16.2 Å². The Labute approximate surface area is 143 Å². The number of rotatable bonds is 5. The summed E-state index contributed by atoms with van der Waals surface area (Å²) in [6, 6.07) is 6.58. The van der Waals surface area contributed by atoms with Crippen molar-refractivity contribution in [1.29, 1.82) is 0 Å². The lowest BCUT2D eigenvalue weighted by molar-refractivity contribution is -0.117. The van der Waals surface area contributed by atoms with Crippen LogP contribution < -0.4 is 16.4 Å². The van der Waals surface area contributed by atoms with Gasteiger partial charge < -0.3 is 21.3 Å². The minimum atomic E-state index is -0.489. The molecule has 132 valence electrons. The van der Waals surface area contributed by atoms with E-state index in [-0.39, 0.29) is 11.9 Å². The van der Waals surface area contributed by atoms with E-state index in [0.29, 0.717) is 12.1 Å². The molecule has 0 bridgehead atoms. The van der Waals surface area contributed by atoms with Gasteiger partial charge in [-0.1, -0.05) is 26.2 Å². The van der Waals surface area contributed by atoms with E-state index in [2.05, 4.69) is 10.6 Å². The molecular weight excluding hydrogens is 304 g/mol. The van der Waals surface area contributed by atoms with Gasteiger partial charge in [-0.05, 0) is 43.5 Å². The maximum atomic E-state index is 12.3. The Morgan fingerprint density at radius 2 is 1.58 bits per heavy atom. The van der Waals surface area contributed by atoms with Crippen molar-refractivity contribution in [2.24, 2.45) is 5.73 Å². The summed E-state index contributed by atoms with van der Waals surface area (Å²) in [4.78, 5) is 26.0. The molecule has 2 rings (SSSR count). The summed E-state index contributed by atoms with van der Waals surface area (Å²) in [5, 5.41) is 5.70. The topological polar surface area (TPSA) is 87.5 Å². The average Bonchev–Trinajstić information content (AvgIpc) is 2.86. The number of amides is 3. The lowest BCUT2D eigenvalue weighted by atomic mass is 10.1. The Kier molecular flexibility index (Phi) is 7.06. The van der Waals surface area contributed by atoms with Crippen molar-refractivity contribution in [3.8, 4) is 0 Å². The van der Waals surface area contributed by atoms with Crippen molar-refractivity contribution >= 4 is 23.3 Å². The molecule has 0 aromatic heterocycles.